The van der Waals surface area contributed by atoms with Crippen molar-refractivity contribution in [3.63, 3.8) is 0 Å². The van der Waals surface area contributed by atoms with Crippen molar-refractivity contribution >= 4 is 5.91 Å². The van der Waals surface area contributed by atoms with E-state index in [1.54, 1.807) is 0 Å². The number of hydrogen-bond donors (Lipinski definition) is 2. The van der Waals surface area contributed by atoms with Crippen LogP contribution < -0.4 is 11.1 Å². The Bertz CT molecular complexity index is 306. The van der Waals surface area contributed by atoms with Gasteiger partial charge in [-0.05, 0) is 37.5 Å². The molecule has 1 aliphatic rings. The molecule has 0 heterocycles. The summed E-state index contributed by atoms with van der Waals surface area (Å²) in [5.74, 6) is 0.200. The van der Waals surface area contributed by atoms with Gasteiger partial charge in [0.1, 0.15) is 0 Å². The SMILES string of the molecule is CCCC(CN)(CCC)C(=O)NC1CCCC(C)(C)C1. The van der Waals surface area contributed by atoms with Crippen molar-refractivity contribution < 1.29 is 4.79 Å². The monoisotopic (exact) mass is 282 g/mol. The average Bonchev–Trinajstić information content (AvgIpc) is 2.37. The molecule has 0 radical (unpaired) electrons. The van der Waals surface area contributed by atoms with Crippen LogP contribution in [-0.2, 0) is 4.79 Å². The summed E-state index contributed by atoms with van der Waals surface area (Å²) in [4.78, 5) is 12.8. The Kier molecular flexibility index (Phi) is 6.50. The largest absolute Gasteiger partial charge is 0.353 e. The summed E-state index contributed by atoms with van der Waals surface area (Å²) in [6.07, 6.45) is 8.53. The molecule has 1 aliphatic carbocycles. The van der Waals surface area contributed by atoms with Crippen LogP contribution in [0, 0.1) is 10.8 Å². The third-order valence-corrected chi connectivity index (χ3v) is 4.87. The Hall–Kier alpha value is -0.570. The van der Waals surface area contributed by atoms with E-state index in [1.165, 1.54) is 12.8 Å². The highest BCUT2D eigenvalue weighted by Crippen LogP contribution is 2.36. The summed E-state index contributed by atoms with van der Waals surface area (Å²) in [6.45, 7) is 9.35. The van der Waals surface area contributed by atoms with Crippen LogP contribution in [0.15, 0.2) is 0 Å². The van der Waals surface area contributed by atoms with Crippen LogP contribution in [0.1, 0.15) is 79.1 Å². The Balaban J connectivity index is 2.70. The number of carbonyl (C=O) groups is 1. The number of hydrogen-bond acceptors (Lipinski definition) is 2. The molecule has 0 bridgehead atoms. The van der Waals surface area contributed by atoms with Gasteiger partial charge in [-0.1, -0.05) is 47.0 Å². The first-order valence-corrected chi connectivity index (χ1v) is 8.40. The molecule has 118 valence electrons. The Labute approximate surface area is 125 Å². The molecule has 0 aromatic rings. The summed E-state index contributed by atoms with van der Waals surface area (Å²) >= 11 is 0. The van der Waals surface area contributed by atoms with Gasteiger partial charge in [0, 0.05) is 12.6 Å². The van der Waals surface area contributed by atoms with E-state index in [2.05, 4.69) is 33.0 Å². The van der Waals surface area contributed by atoms with Crippen LogP contribution >= 0.6 is 0 Å². The molecule has 1 saturated carbocycles. The van der Waals surface area contributed by atoms with E-state index in [1.807, 2.05) is 0 Å². The normalized spacial score (nSPS) is 22.6. The first kappa shape index (κ1) is 17.5. The first-order chi connectivity index (χ1) is 9.39. The third-order valence-electron chi connectivity index (χ3n) is 4.87. The van der Waals surface area contributed by atoms with Crippen molar-refractivity contribution in [3.8, 4) is 0 Å². The van der Waals surface area contributed by atoms with Gasteiger partial charge in [0.15, 0.2) is 0 Å². The van der Waals surface area contributed by atoms with Crippen LogP contribution in [0.2, 0.25) is 0 Å². The second kappa shape index (κ2) is 7.44. The van der Waals surface area contributed by atoms with Crippen molar-refractivity contribution in [2.24, 2.45) is 16.6 Å². The van der Waals surface area contributed by atoms with Crippen LogP contribution in [0.25, 0.3) is 0 Å². The van der Waals surface area contributed by atoms with Crippen molar-refractivity contribution in [3.05, 3.63) is 0 Å². The van der Waals surface area contributed by atoms with E-state index < -0.39 is 0 Å². The maximum absolute atomic E-state index is 12.8. The van der Waals surface area contributed by atoms with E-state index in [4.69, 9.17) is 5.73 Å². The number of nitrogens with one attached hydrogen (secondary N) is 1. The molecule has 1 amide bonds. The lowest BCUT2D eigenvalue weighted by Crippen LogP contribution is -2.50. The fraction of sp³-hybridized carbons (Fsp3) is 0.941. The molecule has 3 heteroatoms. The average molecular weight is 282 g/mol. The molecule has 0 saturated heterocycles. The minimum absolute atomic E-state index is 0.200. The molecular formula is C17H34N2O. The van der Waals surface area contributed by atoms with Crippen LogP contribution in [0.5, 0.6) is 0 Å². The predicted octanol–water partition coefficient (Wildman–Crippen LogP) is 3.62. The molecule has 1 unspecified atom stereocenters. The van der Waals surface area contributed by atoms with Crippen molar-refractivity contribution in [2.75, 3.05) is 6.54 Å². The van der Waals surface area contributed by atoms with Gasteiger partial charge in [0.25, 0.3) is 0 Å². The highest BCUT2D eigenvalue weighted by molar-refractivity contribution is 5.83. The number of carbonyl (C=O) groups excluding carboxylic acids is 1. The Morgan fingerprint density at radius 1 is 1.30 bits per heavy atom. The highest BCUT2D eigenvalue weighted by atomic mass is 16.2. The van der Waals surface area contributed by atoms with Gasteiger partial charge in [-0.15, -0.1) is 0 Å². The molecule has 3 N–H and O–H groups in total. The predicted molar refractivity (Wildman–Crippen MR) is 85.5 cm³/mol. The van der Waals surface area contributed by atoms with Gasteiger partial charge in [-0.2, -0.15) is 0 Å². The van der Waals surface area contributed by atoms with Gasteiger partial charge < -0.3 is 11.1 Å². The molecule has 1 rings (SSSR count). The zero-order valence-electron chi connectivity index (χ0n) is 13.9. The fourth-order valence-corrected chi connectivity index (χ4v) is 3.77. The molecule has 1 fully saturated rings. The van der Waals surface area contributed by atoms with Gasteiger partial charge >= 0.3 is 0 Å². The zero-order chi connectivity index (χ0) is 15.2. The Morgan fingerprint density at radius 2 is 1.90 bits per heavy atom. The fourth-order valence-electron chi connectivity index (χ4n) is 3.77. The van der Waals surface area contributed by atoms with Crippen molar-refractivity contribution in [1.82, 2.24) is 5.32 Å². The standard InChI is InChI=1S/C17H34N2O/c1-5-9-17(13-18,10-6-2)15(20)19-14-8-7-11-16(3,4)12-14/h14H,5-13,18H2,1-4H3,(H,19,20). The maximum atomic E-state index is 12.8. The molecule has 0 aromatic heterocycles. The summed E-state index contributed by atoms with van der Waals surface area (Å²) in [5.41, 5.74) is 5.99. The summed E-state index contributed by atoms with van der Waals surface area (Å²) in [5, 5.41) is 3.32. The minimum Gasteiger partial charge on any atom is -0.353 e. The quantitative estimate of drug-likeness (QED) is 0.749. The maximum Gasteiger partial charge on any atom is 0.227 e. The van der Waals surface area contributed by atoms with Crippen LogP contribution in [-0.4, -0.2) is 18.5 Å². The molecular weight excluding hydrogens is 248 g/mol. The Morgan fingerprint density at radius 3 is 2.35 bits per heavy atom. The first-order valence-electron chi connectivity index (χ1n) is 8.40. The second-order valence-electron chi connectivity index (χ2n) is 7.42. The minimum atomic E-state index is -0.342. The zero-order valence-corrected chi connectivity index (χ0v) is 13.9. The number of rotatable bonds is 7. The van der Waals surface area contributed by atoms with E-state index in [0.29, 0.717) is 18.0 Å². The van der Waals surface area contributed by atoms with Crippen molar-refractivity contribution in [1.29, 1.82) is 0 Å². The second-order valence-corrected chi connectivity index (χ2v) is 7.42. The van der Waals surface area contributed by atoms with E-state index in [9.17, 15) is 4.79 Å². The van der Waals surface area contributed by atoms with Gasteiger partial charge in [-0.25, -0.2) is 0 Å². The lowest BCUT2D eigenvalue weighted by molar-refractivity contribution is -0.132. The topological polar surface area (TPSA) is 55.1 Å². The van der Waals surface area contributed by atoms with Gasteiger partial charge in [0.2, 0.25) is 5.91 Å². The smallest absolute Gasteiger partial charge is 0.227 e. The lowest BCUT2D eigenvalue weighted by Gasteiger charge is -2.38. The van der Waals surface area contributed by atoms with Gasteiger partial charge in [-0.3, -0.25) is 4.79 Å². The van der Waals surface area contributed by atoms with Crippen molar-refractivity contribution in [2.45, 2.75) is 85.1 Å². The number of nitrogens with two attached hydrogens (primary N) is 1. The number of amides is 1. The summed E-state index contributed by atoms with van der Waals surface area (Å²) in [6, 6.07) is 0.339. The molecule has 0 spiro atoms. The van der Waals surface area contributed by atoms with Crippen LogP contribution in [0.4, 0.5) is 0 Å². The molecule has 1 atom stereocenters. The third kappa shape index (κ3) is 4.47. The highest BCUT2D eigenvalue weighted by Gasteiger charge is 2.37. The molecule has 3 nitrogen and oxygen atoms in total. The van der Waals surface area contributed by atoms with Crippen LogP contribution in [0.3, 0.4) is 0 Å². The van der Waals surface area contributed by atoms with Gasteiger partial charge in [0.05, 0.1) is 5.41 Å². The summed E-state index contributed by atoms with van der Waals surface area (Å²) in [7, 11) is 0. The van der Waals surface area contributed by atoms with E-state index in [0.717, 1.165) is 38.5 Å². The van der Waals surface area contributed by atoms with E-state index in [-0.39, 0.29) is 11.3 Å². The molecule has 0 aromatic carbocycles. The lowest BCUT2D eigenvalue weighted by atomic mass is 9.74. The van der Waals surface area contributed by atoms with E-state index >= 15 is 0 Å². The summed E-state index contributed by atoms with van der Waals surface area (Å²) < 4.78 is 0. The molecule has 20 heavy (non-hydrogen) atoms. The molecule has 0 aliphatic heterocycles.